The number of aromatic nitrogens is 3. The number of carboxylic acid groups (broad SMARTS) is 1. The van der Waals surface area contributed by atoms with Gasteiger partial charge in [0.15, 0.2) is 0 Å². The minimum Gasteiger partial charge on any atom is -0.480 e. The molecule has 14 heteroatoms. The number of aliphatic carboxylic acids is 1. The topological polar surface area (TPSA) is 192 Å². The van der Waals surface area contributed by atoms with E-state index < -0.39 is 45.7 Å². The first-order chi connectivity index (χ1) is 17.6. The molecule has 2 aromatic rings. The quantitative estimate of drug-likeness (QED) is 0.291. The first-order valence-electron chi connectivity index (χ1n) is 11.4. The highest BCUT2D eigenvalue weighted by Gasteiger charge is 2.44. The fraction of sp³-hybridized carbons (Fsp3) is 0.348. The Morgan fingerprint density at radius 3 is 2.81 bits per heavy atom. The molecule has 0 saturated carbocycles. The molecule has 1 aliphatic heterocycles. The maximum atomic E-state index is 12.7. The van der Waals surface area contributed by atoms with Crippen LogP contribution in [0.25, 0.3) is 0 Å². The Kier molecular flexibility index (Phi) is 7.52. The minimum absolute atomic E-state index is 0.0295. The van der Waals surface area contributed by atoms with Crippen molar-refractivity contribution in [3.8, 4) is 0 Å². The van der Waals surface area contributed by atoms with Crippen molar-refractivity contribution in [2.75, 3.05) is 5.32 Å². The molecule has 4 atom stereocenters. The highest BCUT2D eigenvalue weighted by Crippen LogP contribution is 2.32. The molecule has 5 N–H and O–H groups in total. The molecule has 3 heterocycles. The maximum absolute atomic E-state index is 12.7. The van der Waals surface area contributed by atoms with Gasteiger partial charge in [0.25, 0.3) is 0 Å². The normalized spacial score (nSPS) is 23.9. The van der Waals surface area contributed by atoms with E-state index in [0.717, 1.165) is 6.20 Å². The Morgan fingerprint density at radius 2 is 2.14 bits per heavy atom. The third kappa shape index (κ3) is 6.28. The summed E-state index contributed by atoms with van der Waals surface area (Å²) < 4.78 is 33.4. The number of imidazole rings is 1. The van der Waals surface area contributed by atoms with Gasteiger partial charge in [-0.15, -0.1) is 0 Å². The molecule has 2 aromatic heterocycles. The van der Waals surface area contributed by atoms with Gasteiger partial charge in [-0.25, -0.2) is 13.4 Å². The van der Waals surface area contributed by atoms with Gasteiger partial charge in [0.1, 0.15) is 22.6 Å². The smallest absolute Gasteiger partial charge is 0.322 e. The third-order valence-electron chi connectivity index (χ3n) is 5.98. The second kappa shape index (κ2) is 10.6. The van der Waals surface area contributed by atoms with Crippen LogP contribution in [0.2, 0.25) is 0 Å². The van der Waals surface area contributed by atoms with Gasteiger partial charge in [0.2, 0.25) is 27.8 Å². The molecule has 1 aliphatic carbocycles. The Morgan fingerprint density at radius 1 is 1.32 bits per heavy atom. The van der Waals surface area contributed by atoms with E-state index in [0.29, 0.717) is 11.5 Å². The van der Waals surface area contributed by atoms with Gasteiger partial charge >= 0.3 is 5.97 Å². The number of nitrogens with zero attached hydrogens (tertiary/aromatic N) is 2. The molecule has 3 unspecified atom stereocenters. The summed E-state index contributed by atoms with van der Waals surface area (Å²) >= 11 is 0. The van der Waals surface area contributed by atoms with Crippen LogP contribution in [0.1, 0.15) is 26.2 Å². The lowest BCUT2D eigenvalue weighted by atomic mass is 9.85. The summed E-state index contributed by atoms with van der Waals surface area (Å²) in [5.41, 5.74) is -0.433. The highest BCUT2D eigenvalue weighted by atomic mass is 32.2. The summed E-state index contributed by atoms with van der Waals surface area (Å²) in [5.74, 6) is -1.78. The van der Waals surface area contributed by atoms with Gasteiger partial charge in [0, 0.05) is 31.2 Å². The van der Waals surface area contributed by atoms with Crippen LogP contribution >= 0.6 is 0 Å². The van der Waals surface area contributed by atoms with Crippen molar-refractivity contribution in [3.05, 3.63) is 60.7 Å². The van der Waals surface area contributed by atoms with Crippen molar-refractivity contribution in [2.45, 2.75) is 54.9 Å². The minimum atomic E-state index is -4.11. The predicted octanol–water partition coefficient (Wildman–Crippen LogP) is 0.484. The van der Waals surface area contributed by atoms with Crippen molar-refractivity contribution in [2.24, 2.45) is 0 Å². The molecule has 1 saturated heterocycles. The average Bonchev–Trinajstić information content (AvgIpc) is 3.36. The van der Waals surface area contributed by atoms with E-state index >= 15 is 0 Å². The Hall–Kier alpha value is -3.88. The molecule has 0 spiro atoms. The van der Waals surface area contributed by atoms with E-state index in [1.54, 1.807) is 31.3 Å². The molecule has 0 radical (unpaired) electrons. The van der Waals surface area contributed by atoms with Gasteiger partial charge in [-0.3, -0.25) is 24.7 Å². The standard InChI is InChI=1S/C23H26N6O7S/c1-23-7-6-14(11-16(21(32)33)29-37(34,35)15-3-2-8-24-13-15)12-18(23)27-20(31)17(36-23)4-5-19(30)28-22-25-9-10-26-22/h2-3,6-10,12-13,16-18,29H,4-5,11H2,1H3,(H,27,31)(H,32,33)(H2,25,26,28,30)/t16-,17?,18?,23?/m0/s1. The van der Waals surface area contributed by atoms with Crippen LogP contribution in [0.5, 0.6) is 0 Å². The molecular weight excluding hydrogens is 504 g/mol. The number of hydrogen-bond acceptors (Lipinski definition) is 8. The van der Waals surface area contributed by atoms with Crippen molar-refractivity contribution in [1.82, 2.24) is 25.0 Å². The molecule has 2 aliphatic rings. The molecule has 2 amide bonds. The van der Waals surface area contributed by atoms with E-state index in [4.69, 9.17) is 4.74 Å². The lowest BCUT2D eigenvalue weighted by Gasteiger charge is -2.44. The number of carbonyl (C=O) groups excluding carboxylic acids is 2. The summed E-state index contributed by atoms with van der Waals surface area (Å²) in [6.07, 6.45) is 9.71. The van der Waals surface area contributed by atoms with Gasteiger partial charge < -0.3 is 20.1 Å². The van der Waals surface area contributed by atoms with Crippen LogP contribution in [0, 0.1) is 0 Å². The molecule has 1 fully saturated rings. The summed E-state index contributed by atoms with van der Waals surface area (Å²) in [5, 5.41) is 15.1. The van der Waals surface area contributed by atoms with E-state index in [1.165, 1.54) is 24.5 Å². The van der Waals surface area contributed by atoms with E-state index in [2.05, 4.69) is 30.3 Å². The van der Waals surface area contributed by atoms with Gasteiger partial charge in [-0.1, -0.05) is 18.2 Å². The van der Waals surface area contributed by atoms with Crippen LogP contribution in [-0.2, 0) is 29.1 Å². The summed E-state index contributed by atoms with van der Waals surface area (Å²) in [6.45, 7) is 1.76. The van der Waals surface area contributed by atoms with E-state index in [9.17, 15) is 27.9 Å². The number of fused-ring (bicyclic) bond motifs is 1. The summed E-state index contributed by atoms with van der Waals surface area (Å²) in [7, 11) is -4.11. The second-order valence-electron chi connectivity index (χ2n) is 8.78. The molecular formula is C23H26N6O7S. The maximum Gasteiger partial charge on any atom is 0.322 e. The number of sulfonamides is 1. The van der Waals surface area contributed by atoms with Crippen molar-refractivity contribution in [1.29, 1.82) is 0 Å². The number of nitrogens with one attached hydrogen (secondary N) is 4. The van der Waals surface area contributed by atoms with Crippen molar-refractivity contribution in [3.63, 3.8) is 0 Å². The number of allylic oxidation sites excluding steroid dienone is 1. The van der Waals surface area contributed by atoms with Gasteiger partial charge in [0.05, 0.1) is 6.04 Å². The molecule has 196 valence electrons. The molecule has 0 aromatic carbocycles. The Bertz CT molecular complexity index is 1330. The zero-order valence-electron chi connectivity index (χ0n) is 19.7. The van der Waals surface area contributed by atoms with Crippen molar-refractivity contribution < 1.29 is 32.6 Å². The van der Waals surface area contributed by atoms with Crippen molar-refractivity contribution >= 4 is 33.8 Å². The molecule has 0 bridgehead atoms. The lowest BCUT2D eigenvalue weighted by Crippen LogP contribution is -2.61. The van der Waals surface area contributed by atoms with Crippen LogP contribution in [-0.4, -0.2) is 70.0 Å². The Labute approximate surface area is 212 Å². The Balaban J connectivity index is 1.38. The molecule has 13 nitrogen and oxygen atoms in total. The second-order valence-corrected chi connectivity index (χ2v) is 10.5. The van der Waals surface area contributed by atoms with Crippen LogP contribution in [0.3, 0.4) is 0 Å². The van der Waals surface area contributed by atoms with Crippen LogP contribution in [0.4, 0.5) is 5.95 Å². The summed E-state index contributed by atoms with van der Waals surface area (Å²) in [6, 6.07) is 0.678. The predicted molar refractivity (Wildman–Crippen MR) is 129 cm³/mol. The van der Waals surface area contributed by atoms with Gasteiger partial charge in [-0.2, -0.15) is 4.72 Å². The first-order valence-corrected chi connectivity index (χ1v) is 12.9. The number of H-pyrrole nitrogens is 1. The number of ether oxygens (including phenoxy) is 1. The van der Waals surface area contributed by atoms with E-state index in [-0.39, 0.29) is 30.1 Å². The molecule has 4 rings (SSSR count). The lowest BCUT2D eigenvalue weighted by molar-refractivity contribution is -0.157. The first kappa shape index (κ1) is 26.2. The number of amides is 2. The number of pyridine rings is 1. The highest BCUT2D eigenvalue weighted by molar-refractivity contribution is 7.89. The van der Waals surface area contributed by atoms with Crippen LogP contribution in [0.15, 0.2) is 65.6 Å². The number of rotatable bonds is 10. The number of anilines is 1. The largest absolute Gasteiger partial charge is 0.480 e. The SMILES string of the molecule is CC12C=CC(C[C@H](NS(=O)(=O)c3cccnc3)C(=O)O)=CC1NC(=O)C(CCC(=O)Nc1ncc[nH]1)O2. The number of carboxylic acids is 1. The fourth-order valence-corrected chi connectivity index (χ4v) is 5.16. The monoisotopic (exact) mass is 530 g/mol. The zero-order valence-corrected chi connectivity index (χ0v) is 20.6. The fourth-order valence-electron chi connectivity index (χ4n) is 4.01. The number of hydrogen-bond donors (Lipinski definition) is 5. The molecule has 37 heavy (non-hydrogen) atoms. The zero-order chi connectivity index (χ0) is 26.6. The van der Waals surface area contributed by atoms with Crippen LogP contribution < -0.4 is 15.4 Å². The van der Waals surface area contributed by atoms with E-state index in [1.807, 2.05) is 0 Å². The van der Waals surface area contributed by atoms with Gasteiger partial charge in [-0.05, 0) is 37.5 Å². The summed E-state index contributed by atoms with van der Waals surface area (Å²) in [4.78, 5) is 46.9. The third-order valence-corrected chi connectivity index (χ3v) is 7.44. The number of carbonyl (C=O) groups is 3. The number of aromatic amines is 1. The average molecular weight is 531 g/mol. The number of morpholine rings is 1.